The molecule has 0 N–H and O–H groups in total. The van der Waals surface area contributed by atoms with Gasteiger partial charge in [-0.3, -0.25) is 0 Å². The minimum Gasteiger partial charge on any atom is -0.377 e. The molecule has 0 heterocycles. The van der Waals surface area contributed by atoms with Gasteiger partial charge in [0.15, 0.2) is 0 Å². The summed E-state index contributed by atoms with van der Waals surface area (Å²) in [6.45, 7) is 11.4. The zero-order valence-corrected chi connectivity index (χ0v) is 7.55. The van der Waals surface area contributed by atoms with Crippen LogP contribution in [0.25, 0.3) is 0 Å². The van der Waals surface area contributed by atoms with E-state index < -0.39 is 0 Å². The van der Waals surface area contributed by atoms with Crippen molar-refractivity contribution in [1.82, 2.24) is 0 Å². The summed E-state index contributed by atoms with van der Waals surface area (Å²) >= 11 is 0. The fourth-order valence-electron chi connectivity index (χ4n) is 0.879. The fraction of sp³-hybridized carbons (Fsp3) is 0.400. The van der Waals surface area contributed by atoms with Gasteiger partial charge >= 0.3 is 0 Å². The second-order valence-electron chi connectivity index (χ2n) is 2.52. The molecular formula is C10H16O. The molecule has 0 saturated carbocycles. The first-order chi connectivity index (χ1) is 5.13. The Hall–Kier alpha value is -0.820. The topological polar surface area (TPSA) is 9.23 Å². The lowest BCUT2D eigenvalue weighted by Gasteiger charge is -2.13. The Morgan fingerprint density at radius 3 is 2.36 bits per heavy atom. The van der Waals surface area contributed by atoms with E-state index in [2.05, 4.69) is 13.2 Å². The molecule has 0 saturated heterocycles. The van der Waals surface area contributed by atoms with Gasteiger partial charge in [-0.25, -0.2) is 0 Å². The molecular weight excluding hydrogens is 136 g/mol. The van der Waals surface area contributed by atoms with Gasteiger partial charge in [0.05, 0.1) is 6.10 Å². The molecule has 11 heavy (non-hydrogen) atoms. The lowest BCUT2D eigenvalue weighted by molar-refractivity contribution is 0.148. The molecule has 0 aromatic carbocycles. The summed E-state index contributed by atoms with van der Waals surface area (Å²) in [6.07, 6.45) is 3.78. The van der Waals surface area contributed by atoms with Crippen LogP contribution in [-0.2, 0) is 4.74 Å². The number of hydrogen-bond acceptors (Lipinski definition) is 1. The van der Waals surface area contributed by atoms with Crippen LogP contribution < -0.4 is 0 Å². The second-order valence-corrected chi connectivity index (χ2v) is 2.52. The zero-order chi connectivity index (χ0) is 8.85. The minimum atomic E-state index is 0.102. The second kappa shape index (κ2) is 4.91. The third-order valence-corrected chi connectivity index (χ3v) is 1.58. The summed E-state index contributed by atoms with van der Waals surface area (Å²) in [5, 5.41) is 0. The smallest absolute Gasteiger partial charge is 0.0795 e. The summed E-state index contributed by atoms with van der Waals surface area (Å²) in [7, 11) is 1.69. The largest absolute Gasteiger partial charge is 0.377 e. The van der Waals surface area contributed by atoms with Crippen LogP contribution in [0.2, 0.25) is 0 Å². The van der Waals surface area contributed by atoms with Crippen molar-refractivity contribution in [1.29, 1.82) is 0 Å². The Morgan fingerprint density at radius 1 is 1.55 bits per heavy atom. The van der Waals surface area contributed by atoms with Crippen LogP contribution in [-0.4, -0.2) is 13.2 Å². The Balaban J connectivity index is 4.46. The van der Waals surface area contributed by atoms with Gasteiger partial charge in [0.1, 0.15) is 0 Å². The van der Waals surface area contributed by atoms with E-state index in [-0.39, 0.29) is 6.10 Å². The maximum atomic E-state index is 5.15. The maximum Gasteiger partial charge on any atom is 0.0795 e. The molecule has 1 atom stereocenters. The lowest BCUT2D eigenvalue weighted by atomic mass is 10.0. The quantitative estimate of drug-likeness (QED) is 0.563. The van der Waals surface area contributed by atoms with Crippen molar-refractivity contribution in [3.8, 4) is 0 Å². The molecule has 1 nitrogen and oxygen atoms in total. The van der Waals surface area contributed by atoms with Crippen LogP contribution in [0.5, 0.6) is 0 Å². The van der Waals surface area contributed by atoms with Crippen LogP contribution >= 0.6 is 0 Å². The highest BCUT2D eigenvalue weighted by atomic mass is 16.5. The molecule has 0 rings (SSSR count). The van der Waals surface area contributed by atoms with E-state index in [0.29, 0.717) is 0 Å². The maximum absolute atomic E-state index is 5.15. The predicted octanol–water partition coefficient (Wildman–Crippen LogP) is 2.71. The molecule has 1 heteroatoms. The molecule has 0 amide bonds. The first kappa shape index (κ1) is 10.2. The van der Waals surface area contributed by atoms with E-state index >= 15 is 0 Å². The Morgan fingerprint density at radius 2 is 2.09 bits per heavy atom. The van der Waals surface area contributed by atoms with Gasteiger partial charge in [0.2, 0.25) is 0 Å². The first-order valence-corrected chi connectivity index (χ1v) is 3.64. The zero-order valence-electron chi connectivity index (χ0n) is 7.55. The van der Waals surface area contributed by atoms with Gasteiger partial charge in [-0.05, 0) is 19.4 Å². The molecule has 62 valence electrons. The summed E-state index contributed by atoms with van der Waals surface area (Å²) in [4.78, 5) is 0. The van der Waals surface area contributed by atoms with Crippen LogP contribution in [0.4, 0.5) is 0 Å². The standard InChI is InChI=1S/C10H16O/c1-6-7-10(8(2)3)9(4)11-5/h6-7,9H,1-2H2,3-5H3/b10-7+/t9-/m1/s1. The monoisotopic (exact) mass is 152 g/mol. The molecule has 0 fully saturated rings. The molecule has 0 aromatic heterocycles. The Labute approximate surface area is 69.1 Å². The third kappa shape index (κ3) is 3.19. The van der Waals surface area contributed by atoms with E-state index in [1.807, 2.05) is 19.9 Å². The third-order valence-electron chi connectivity index (χ3n) is 1.58. The van der Waals surface area contributed by atoms with E-state index in [4.69, 9.17) is 4.74 Å². The molecule has 0 spiro atoms. The molecule has 0 aliphatic rings. The molecule has 0 aromatic rings. The van der Waals surface area contributed by atoms with E-state index in [1.165, 1.54) is 0 Å². The van der Waals surface area contributed by atoms with Crippen LogP contribution in [0.3, 0.4) is 0 Å². The number of ether oxygens (including phenoxy) is 1. The van der Waals surface area contributed by atoms with Gasteiger partial charge in [0, 0.05) is 7.11 Å². The van der Waals surface area contributed by atoms with Gasteiger partial charge in [0.25, 0.3) is 0 Å². The van der Waals surface area contributed by atoms with Crippen molar-refractivity contribution >= 4 is 0 Å². The average molecular weight is 152 g/mol. The number of allylic oxidation sites excluding steroid dienone is 2. The van der Waals surface area contributed by atoms with Crippen LogP contribution in [0, 0.1) is 0 Å². The highest BCUT2D eigenvalue weighted by Gasteiger charge is 2.05. The van der Waals surface area contributed by atoms with Gasteiger partial charge in [-0.15, -0.1) is 0 Å². The minimum absolute atomic E-state index is 0.102. The average Bonchev–Trinajstić information content (AvgIpc) is 1.98. The Kier molecular flexibility index (Phi) is 4.55. The van der Waals surface area contributed by atoms with Crippen LogP contribution in [0.1, 0.15) is 13.8 Å². The van der Waals surface area contributed by atoms with Crippen molar-refractivity contribution in [2.75, 3.05) is 7.11 Å². The number of rotatable bonds is 4. The van der Waals surface area contributed by atoms with Crippen molar-refractivity contribution in [3.63, 3.8) is 0 Å². The molecule has 0 aliphatic heterocycles. The van der Waals surface area contributed by atoms with Gasteiger partial charge in [-0.2, -0.15) is 0 Å². The summed E-state index contributed by atoms with van der Waals surface area (Å²) in [5.41, 5.74) is 2.13. The van der Waals surface area contributed by atoms with Crippen molar-refractivity contribution in [3.05, 3.63) is 36.5 Å². The SMILES string of the molecule is C=C/C=C(\C(=C)C)[C@@H](C)OC. The number of methoxy groups -OCH3 is 1. The fourth-order valence-corrected chi connectivity index (χ4v) is 0.879. The summed E-state index contributed by atoms with van der Waals surface area (Å²) < 4.78 is 5.15. The molecule has 0 aliphatic carbocycles. The molecule has 0 unspecified atom stereocenters. The highest BCUT2D eigenvalue weighted by molar-refractivity contribution is 5.32. The van der Waals surface area contributed by atoms with E-state index in [1.54, 1.807) is 13.2 Å². The van der Waals surface area contributed by atoms with Crippen molar-refractivity contribution < 1.29 is 4.74 Å². The van der Waals surface area contributed by atoms with Crippen molar-refractivity contribution in [2.45, 2.75) is 20.0 Å². The van der Waals surface area contributed by atoms with Gasteiger partial charge < -0.3 is 4.74 Å². The predicted molar refractivity (Wildman–Crippen MR) is 49.6 cm³/mol. The van der Waals surface area contributed by atoms with E-state index in [9.17, 15) is 0 Å². The number of hydrogen-bond donors (Lipinski definition) is 0. The lowest BCUT2D eigenvalue weighted by Crippen LogP contribution is -2.08. The van der Waals surface area contributed by atoms with Crippen LogP contribution in [0.15, 0.2) is 36.5 Å². The van der Waals surface area contributed by atoms with Gasteiger partial charge in [-0.1, -0.05) is 30.9 Å². The summed E-state index contributed by atoms with van der Waals surface area (Å²) in [5.74, 6) is 0. The Bertz CT molecular complexity index is 177. The molecule has 0 bridgehead atoms. The van der Waals surface area contributed by atoms with Crippen molar-refractivity contribution in [2.24, 2.45) is 0 Å². The highest BCUT2D eigenvalue weighted by Crippen LogP contribution is 2.13. The molecule has 0 radical (unpaired) electrons. The normalized spacial score (nSPS) is 14.3. The first-order valence-electron chi connectivity index (χ1n) is 3.64. The van der Waals surface area contributed by atoms with E-state index in [0.717, 1.165) is 11.1 Å². The summed E-state index contributed by atoms with van der Waals surface area (Å²) in [6, 6.07) is 0.